The molecule has 0 saturated heterocycles. The molecule has 0 radical (unpaired) electrons. The van der Waals surface area contributed by atoms with Gasteiger partial charge in [0, 0.05) is 23.5 Å². The van der Waals surface area contributed by atoms with Crippen LogP contribution in [0.15, 0.2) is 42.6 Å². The summed E-state index contributed by atoms with van der Waals surface area (Å²) in [5.74, 6) is 2.75. The summed E-state index contributed by atoms with van der Waals surface area (Å²) in [6.45, 7) is 0. The van der Waals surface area contributed by atoms with Crippen molar-refractivity contribution in [3.63, 3.8) is 0 Å². The van der Waals surface area contributed by atoms with E-state index in [9.17, 15) is 0 Å². The molecule has 1 heterocycles. The highest BCUT2D eigenvalue weighted by molar-refractivity contribution is 5.85. The number of nitrogens with zero attached hydrogens (tertiary/aromatic N) is 2. The quantitative estimate of drug-likeness (QED) is 0.684. The highest BCUT2D eigenvalue weighted by Crippen LogP contribution is 2.35. The maximum absolute atomic E-state index is 5.36. The average Bonchev–Trinajstić information content (AvgIpc) is 2.73. The molecule has 0 fully saturated rings. The minimum absolute atomic E-state index is 0. The Balaban J connectivity index is 0.00000225. The van der Waals surface area contributed by atoms with Gasteiger partial charge in [-0.3, -0.25) is 0 Å². The lowest BCUT2D eigenvalue weighted by Gasteiger charge is -2.20. The van der Waals surface area contributed by atoms with Gasteiger partial charge in [-0.15, -0.1) is 12.4 Å². The molecule has 0 spiro atoms. The molecule has 2 aromatic carbocycles. The van der Waals surface area contributed by atoms with Crippen molar-refractivity contribution >= 4 is 24.0 Å². The number of aromatic nitrogens is 2. The third kappa shape index (κ3) is 3.68. The summed E-state index contributed by atoms with van der Waals surface area (Å²) in [6, 6.07) is 11.7. The second kappa shape index (κ2) is 8.35. The second-order valence-corrected chi connectivity index (χ2v) is 6.29. The molecular formula is C21H22ClN3O3. The summed E-state index contributed by atoms with van der Waals surface area (Å²) < 4.78 is 16.0. The molecule has 6 nitrogen and oxygen atoms in total. The highest BCUT2D eigenvalue weighted by atomic mass is 35.5. The number of nitrogens with one attached hydrogen (secondary N) is 1. The van der Waals surface area contributed by atoms with E-state index in [-0.39, 0.29) is 12.4 Å². The fourth-order valence-electron chi connectivity index (χ4n) is 3.33. The Labute approximate surface area is 170 Å². The third-order valence-electron chi connectivity index (χ3n) is 4.74. The summed E-state index contributed by atoms with van der Waals surface area (Å²) >= 11 is 0. The fourth-order valence-corrected chi connectivity index (χ4v) is 3.33. The highest BCUT2D eigenvalue weighted by Gasteiger charge is 2.19. The van der Waals surface area contributed by atoms with Crippen molar-refractivity contribution in [2.45, 2.75) is 12.8 Å². The van der Waals surface area contributed by atoms with Crippen LogP contribution in [0.1, 0.15) is 11.1 Å². The minimum Gasteiger partial charge on any atom is -0.497 e. The van der Waals surface area contributed by atoms with Crippen molar-refractivity contribution < 1.29 is 14.2 Å². The van der Waals surface area contributed by atoms with E-state index in [1.54, 1.807) is 21.3 Å². The molecule has 3 aromatic rings. The Morgan fingerprint density at radius 3 is 2.39 bits per heavy atom. The molecule has 0 atom stereocenters. The SMILES string of the molecule is COc1ccc2c(c1)CCc1cnc(Nc3ccc(OC)c(OC)c3)nc1-2.Cl. The van der Waals surface area contributed by atoms with Crippen LogP contribution in [0.5, 0.6) is 17.2 Å². The fraction of sp³-hybridized carbons (Fsp3) is 0.238. The van der Waals surface area contributed by atoms with Crippen LogP contribution in [-0.4, -0.2) is 31.3 Å². The zero-order valence-electron chi connectivity index (χ0n) is 16.0. The summed E-state index contributed by atoms with van der Waals surface area (Å²) in [7, 11) is 4.91. The van der Waals surface area contributed by atoms with E-state index < -0.39 is 0 Å². The van der Waals surface area contributed by atoms with Gasteiger partial charge in [0.2, 0.25) is 5.95 Å². The number of ether oxygens (including phenoxy) is 3. The summed E-state index contributed by atoms with van der Waals surface area (Å²) in [5, 5.41) is 3.25. The Hall–Kier alpha value is -2.99. The molecule has 0 aliphatic heterocycles. The van der Waals surface area contributed by atoms with Crippen molar-refractivity contribution in [2.24, 2.45) is 0 Å². The smallest absolute Gasteiger partial charge is 0.227 e. The summed E-state index contributed by atoms with van der Waals surface area (Å²) in [4.78, 5) is 9.24. The molecule has 0 amide bonds. The number of fused-ring (bicyclic) bond motifs is 3. The van der Waals surface area contributed by atoms with Crippen LogP contribution < -0.4 is 19.5 Å². The van der Waals surface area contributed by atoms with E-state index >= 15 is 0 Å². The standard InChI is InChI=1S/C21H21N3O3.ClH/c1-25-16-7-8-17-13(10-16)4-5-14-12-22-21(24-20(14)17)23-15-6-9-18(26-2)19(11-15)27-3;/h6-12H,4-5H2,1-3H3,(H,22,23,24);1H. The van der Waals surface area contributed by atoms with Gasteiger partial charge in [-0.1, -0.05) is 0 Å². The first-order valence-electron chi connectivity index (χ1n) is 8.74. The molecule has 1 aromatic heterocycles. The number of halogens is 1. The van der Waals surface area contributed by atoms with Gasteiger partial charge in [0.15, 0.2) is 11.5 Å². The van der Waals surface area contributed by atoms with Crippen LogP contribution in [0.2, 0.25) is 0 Å². The Bertz CT molecular complexity index is 995. The summed E-state index contributed by atoms with van der Waals surface area (Å²) in [6.07, 6.45) is 3.79. The Kier molecular flexibility index (Phi) is 5.90. The first-order valence-corrected chi connectivity index (χ1v) is 8.74. The predicted molar refractivity (Wildman–Crippen MR) is 112 cm³/mol. The van der Waals surface area contributed by atoms with Crippen molar-refractivity contribution in [1.29, 1.82) is 0 Å². The van der Waals surface area contributed by atoms with Crippen LogP contribution in [0, 0.1) is 0 Å². The summed E-state index contributed by atoms with van der Waals surface area (Å²) in [5.41, 5.74) is 5.34. The molecule has 1 aliphatic carbocycles. The molecule has 1 aliphatic rings. The van der Waals surface area contributed by atoms with Gasteiger partial charge in [-0.2, -0.15) is 0 Å². The molecule has 7 heteroatoms. The van der Waals surface area contributed by atoms with Gasteiger partial charge in [0.25, 0.3) is 0 Å². The molecule has 0 unspecified atom stereocenters. The van der Waals surface area contributed by atoms with Gasteiger partial charge in [0.05, 0.1) is 27.0 Å². The average molecular weight is 400 g/mol. The van der Waals surface area contributed by atoms with Crippen LogP contribution in [-0.2, 0) is 12.8 Å². The predicted octanol–water partition coefficient (Wildman–Crippen LogP) is 4.43. The number of methoxy groups -OCH3 is 3. The zero-order chi connectivity index (χ0) is 18.8. The maximum Gasteiger partial charge on any atom is 0.227 e. The van der Waals surface area contributed by atoms with Crippen LogP contribution in [0.3, 0.4) is 0 Å². The molecular weight excluding hydrogens is 378 g/mol. The Morgan fingerprint density at radius 2 is 1.64 bits per heavy atom. The number of benzene rings is 2. The normalized spacial score (nSPS) is 11.5. The molecule has 28 heavy (non-hydrogen) atoms. The largest absolute Gasteiger partial charge is 0.497 e. The van der Waals surface area contributed by atoms with E-state index in [1.807, 2.05) is 30.5 Å². The molecule has 0 bridgehead atoms. The molecule has 146 valence electrons. The third-order valence-corrected chi connectivity index (χ3v) is 4.74. The van der Waals surface area contributed by atoms with E-state index in [0.717, 1.165) is 41.1 Å². The lowest BCUT2D eigenvalue weighted by molar-refractivity contribution is 0.355. The second-order valence-electron chi connectivity index (χ2n) is 6.29. The van der Waals surface area contributed by atoms with Gasteiger partial charge < -0.3 is 19.5 Å². The van der Waals surface area contributed by atoms with Crippen molar-refractivity contribution in [3.05, 3.63) is 53.7 Å². The maximum atomic E-state index is 5.36. The van der Waals surface area contributed by atoms with E-state index in [1.165, 1.54) is 5.56 Å². The van der Waals surface area contributed by atoms with Crippen LogP contribution in [0.4, 0.5) is 11.6 Å². The lowest BCUT2D eigenvalue weighted by Crippen LogP contribution is -2.09. The number of anilines is 2. The molecule has 4 rings (SSSR count). The minimum atomic E-state index is 0. The Morgan fingerprint density at radius 1 is 0.857 bits per heavy atom. The van der Waals surface area contributed by atoms with Crippen molar-refractivity contribution in [2.75, 3.05) is 26.6 Å². The van der Waals surface area contributed by atoms with Crippen molar-refractivity contribution in [1.82, 2.24) is 9.97 Å². The van der Waals surface area contributed by atoms with Gasteiger partial charge in [-0.25, -0.2) is 9.97 Å². The van der Waals surface area contributed by atoms with Gasteiger partial charge >= 0.3 is 0 Å². The first-order chi connectivity index (χ1) is 13.2. The lowest BCUT2D eigenvalue weighted by atomic mass is 9.90. The van der Waals surface area contributed by atoms with Gasteiger partial charge in [0.1, 0.15) is 5.75 Å². The topological polar surface area (TPSA) is 65.5 Å². The van der Waals surface area contributed by atoms with E-state index in [4.69, 9.17) is 19.2 Å². The van der Waals surface area contributed by atoms with E-state index in [0.29, 0.717) is 17.4 Å². The van der Waals surface area contributed by atoms with Crippen LogP contribution >= 0.6 is 12.4 Å². The molecule has 1 N–H and O–H groups in total. The number of rotatable bonds is 5. The monoisotopic (exact) mass is 399 g/mol. The van der Waals surface area contributed by atoms with Crippen molar-refractivity contribution in [3.8, 4) is 28.5 Å². The van der Waals surface area contributed by atoms with E-state index in [2.05, 4.69) is 22.4 Å². The van der Waals surface area contributed by atoms with Crippen LogP contribution in [0.25, 0.3) is 11.3 Å². The number of hydrogen-bond acceptors (Lipinski definition) is 6. The number of hydrogen-bond donors (Lipinski definition) is 1. The molecule has 0 saturated carbocycles. The van der Waals surface area contributed by atoms with Gasteiger partial charge in [-0.05, 0) is 54.3 Å². The number of aryl methyl sites for hydroxylation is 2. The first kappa shape index (κ1) is 19.8. The zero-order valence-corrected chi connectivity index (χ0v) is 16.8.